The molecule has 6 heteroatoms. The number of pyridine rings is 1. The number of amides is 1. The third-order valence-corrected chi connectivity index (χ3v) is 7.32. The largest absolute Gasteiger partial charge is 0.339 e. The van der Waals surface area contributed by atoms with Crippen molar-refractivity contribution in [3.8, 4) is 0 Å². The topological polar surface area (TPSA) is 36.4 Å². The lowest BCUT2D eigenvalue weighted by Crippen LogP contribution is -2.48. The van der Waals surface area contributed by atoms with Crippen molar-refractivity contribution < 1.29 is 4.79 Å². The molecule has 1 aromatic heterocycles. The normalized spacial score (nSPS) is 17.5. The molecule has 174 valence electrons. The average molecular weight is 484 g/mol. The van der Waals surface area contributed by atoms with Crippen LogP contribution in [-0.2, 0) is 0 Å². The highest BCUT2D eigenvalue weighted by atomic mass is 35.5. The third-order valence-electron chi connectivity index (χ3n) is 6.58. The van der Waals surface area contributed by atoms with Gasteiger partial charge in [-0.25, -0.2) is 0 Å². The summed E-state index contributed by atoms with van der Waals surface area (Å²) < 4.78 is 0. The quantitative estimate of drug-likeness (QED) is 0.410. The van der Waals surface area contributed by atoms with E-state index >= 15 is 0 Å². The van der Waals surface area contributed by atoms with Crippen LogP contribution in [0.3, 0.4) is 0 Å². The Hall–Kier alpha value is -2.14. The van der Waals surface area contributed by atoms with E-state index in [1.807, 2.05) is 54.3 Å². The summed E-state index contributed by atoms with van der Waals surface area (Å²) in [4.78, 5) is 21.8. The second kappa shape index (κ2) is 11.3. The number of benzene rings is 2. The van der Waals surface area contributed by atoms with E-state index in [4.69, 9.17) is 23.2 Å². The van der Waals surface area contributed by atoms with Crippen LogP contribution in [0.2, 0.25) is 10.0 Å². The van der Waals surface area contributed by atoms with E-state index in [1.54, 1.807) is 12.3 Å². The first-order valence-corrected chi connectivity index (χ1v) is 12.6. The lowest BCUT2D eigenvalue weighted by atomic mass is 9.99. The van der Waals surface area contributed by atoms with Crippen LogP contribution in [0.1, 0.15) is 48.0 Å². The lowest BCUT2D eigenvalue weighted by Gasteiger charge is -2.40. The summed E-state index contributed by atoms with van der Waals surface area (Å²) in [6, 6.07) is 16.0. The lowest BCUT2D eigenvalue weighted by molar-refractivity contribution is 0.0590. The molecule has 33 heavy (non-hydrogen) atoms. The fourth-order valence-electron chi connectivity index (χ4n) is 4.71. The van der Waals surface area contributed by atoms with E-state index in [2.05, 4.69) is 9.88 Å². The van der Waals surface area contributed by atoms with E-state index < -0.39 is 0 Å². The van der Waals surface area contributed by atoms with Crippen molar-refractivity contribution in [2.24, 2.45) is 0 Å². The first-order valence-electron chi connectivity index (χ1n) is 11.8. The number of rotatable bonds is 2. The molecule has 3 heterocycles. The monoisotopic (exact) mass is 483 g/mol. The summed E-state index contributed by atoms with van der Waals surface area (Å²) in [6.07, 6.45) is 8.07. The number of hydrogen-bond donors (Lipinski definition) is 0. The predicted molar refractivity (Wildman–Crippen MR) is 137 cm³/mol. The molecule has 2 aromatic carbocycles. The number of hydrogen-bond acceptors (Lipinski definition) is 3. The predicted octanol–water partition coefficient (Wildman–Crippen LogP) is 6.63. The van der Waals surface area contributed by atoms with Gasteiger partial charge in [-0.2, -0.15) is 0 Å². The maximum Gasteiger partial charge on any atom is 0.253 e. The summed E-state index contributed by atoms with van der Waals surface area (Å²) in [5, 5.41) is 2.27. The van der Waals surface area contributed by atoms with E-state index in [0.29, 0.717) is 16.1 Å². The number of nitrogens with zero attached hydrogens (tertiary/aromatic N) is 3. The van der Waals surface area contributed by atoms with Crippen LogP contribution >= 0.6 is 23.2 Å². The van der Waals surface area contributed by atoms with Gasteiger partial charge in [0, 0.05) is 36.3 Å². The van der Waals surface area contributed by atoms with E-state index in [1.165, 1.54) is 32.4 Å². The minimum atomic E-state index is 0.165. The van der Waals surface area contributed by atoms with Crippen molar-refractivity contribution in [1.82, 2.24) is 14.8 Å². The second-order valence-electron chi connectivity index (χ2n) is 8.95. The summed E-state index contributed by atoms with van der Waals surface area (Å²) >= 11 is 11.3. The van der Waals surface area contributed by atoms with E-state index in [9.17, 15) is 4.79 Å². The molecule has 0 saturated carbocycles. The number of aromatic nitrogens is 1. The number of halogens is 2. The van der Waals surface area contributed by atoms with Crippen LogP contribution < -0.4 is 0 Å². The Morgan fingerprint density at radius 3 is 2.36 bits per heavy atom. The van der Waals surface area contributed by atoms with Crippen LogP contribution in [0, 0.1) is 6.92 Å². The Morgan fingerprint density at radius 2 is 1.67 bits per heavy atom. The van der Waals surface area contributed by atoms with Gasteiger partial charge >= 0.3 is 0 Å². The molecule has 4 nitrogen and oxygen atoms in total. The molecule has 0 aliphatic carbocycles. The summed E-state index contributed by atoms with van der Waals surface area (Å²) in [5.74, 6) is 0.165. The molecule has 1 amide bonds. The van der Waals surface area contributed by atoms with Crippen LogP contribution in [0.4, 0.5) is 0 Å². The highest BCUT2D eigenvalue weighted by Crippen LogP contribution is 2.23. The molecule has 2 saturated heterocycles. The number of likely N-dealkylation sites (tertiary alicyclic amines) is 2. The van der Waals surface area contributed by atoms with Gasteiger partial charge in [-0.3, -0.25) is 9.78 Å². The van der Waals surface area contributed by atoms with Gasteiger partial charge in [0.25, 0.3) is 5.91 Å². The molecule has 0 unspecified atom stereocenters. The van der Waals surface area contributed by atoms with Crippen molar-refractivity contribution in [3.63, 3.8) is 0 Å². The third kappa shape index (κ3) is 6.26. The van der Waals surface area contributed by atoms with Crippen LogP contribution in [-0.4, -0.2) is 52.9 Å². The second-order valence-corrected chi connectivity index (χ2v) is 9.76. The van der Waals surface area contributed by atoms with Crippen LogP contribution in [0.15, 0.2) is 54.7 Å². The van der Waals surface area contributed by atoms with Crippen molar-refractivity contribution in [2.45, 2.75) is 45.1 Å². The molecule has 3 aromatic rings. The molecule has 0 radical (unpaired) electrons. The Labute approximate surface area is 206 Å². The average Bonchev–Trinajstić information content (AvgIpc) is 2.87. The number of carbonyl (C=O) groups excluding carboxylic acids is 1. The van der Waals surface area contributed by atoms with Crippen molar-refractivity contribution in [1.29, 1.82) is 0 Å². The molecule has 2 aliphatic heterocycles. The minimum Gasteiger partial charge on any atom is -0.339 e. The van der Waals surface area contributed by atoms with Gasteiger partial charge in [-0.05, 0) is 87.7 Å². The Balaban J connectivity index is 0.000000243. The summed E-state index contributed by atoms with van der Waals surface area (Å²) in [5.41, 5.74) is 2.86. The number of fused-ring (bicyclic) bond motifs is 1. The molecule has 0 bridgehead atoms. The van der Waals surface area contributed by atoms with Crippen LogP contribution in [0.5, 0.6) is 0 Å². The Morgan fingerprint density at radius 1 is 0.909 bits per heavy atom. The number of aryl methyl sites for hydroxylation is 1. The van der Waals surface area contributed by atoms with E-state index in [0.717, 1.165) is 48.0 Å². The fourth-order valence-corrected chi connectivity index (χ4v) is 5.06. The number of piperidine rings is 2. The Kier molecular flexibility index (Phi) is 8.24. The highest BCUT2D eigenvalue weighted by molar-refractivity contribution is 6.42. The molecular weight excluding hydrogens is 453 g/mol. The first kappa shape index (κ1) is 24.0. The zero-order valence-electron chi connectivity index (χ0n) is 19.1. The van der Waals surface area contributed by atoms with Gasteiger partial charge in [-0.15, -0.1) is 0 Å². The minimum absolute atomic E-state index is 0.165. The zero-order chi connectivity index (χ0) is 23.2. The van der Waals surface area contributed by atoms with E-state index in [-0.39, 0.29) is 5.91 Å². The summed E-state index contributed by atoms with van der Waals surface area (Å²) in [7, 11) is 0. The smallest absolute Gasteiger partial charge is 0.253 e. The van der Waals surface area contributed by atoms with Crippen molar-refractivity contribution >= 4 is 40.0 Å². The van der Waals surface area contributed by atoms with Crippen LogP contribution in [0.25, 0.3) is 10.9 Å². The maximum atomic E-state index is 12.8. The van der Waals surface area contributed by atoms with Gasteiger partial charge in [0.15, 0.2) is 0 Å². The Bertz CT molecular complexity index is 1090. The highest BCUT2D eigenvalue weighted by Gasteiger charge is 2.28. The maximum absolute atomic E-state index is 12.8. The van der Waals surface area contributed by atoms with Gasteiger partial charge in [-0.1, -0.05) is 41.8 Å². The van der Waals surface area contributed by atoms with Gasteiger partial charge in [0.1, 0.15) is 0 Å². The van der Waals surface area contributed by atoms with Gasteiger partial charge < -0.3 is 9.80 Å². The standard InChI is InChI=1S/C20H25N3O.C7H6Cl2/c24-20(17-6-7-19-16(15-17)5-4-10-21-19)23-13-8-18(9-14-23)22-11-2-1-3-12-22;1-5-2-3-6(8)7(9)4-5/h4-7,10,15,18H,1-3,8-9,11-14H2;2-4H,1H3. The fraction of sp³-hybridized carbons (Fsp3) is 0.407. The molecule has 5 rings (SSSR count). The van der Waals surface area contributed by atoms with Crippen molar-refractivity contribution in [2.75, 3.05) is 26.2 Å². The molecular formula is C27H31Cl2N3O. The molecule has 2 aliphatic rings. The molecule has 0 spiro atoms. The zero-order valence-corrected chi connectivity index (χ0v) is 20.7. The number of carbonyl (C=O) groups is 1. The SMILES string of the molecule is Cc1ccc(Cl)c(Cl)c1.O=C(c1ccc2ncccc2c1)N1CCC(N2CCCCC2)CC1. The van der Waals surface area contributed by atoms with Gasteiger partial charge in [0.05, 0.1) is 15.6 Å². The summed E-state index contributed by atoms with van der Waals surface area (Å²) in [6.45, 7) is 6.23. The van der Waals surface area contributed by atoms with Gasteiger partial charge in [0.2, 0.25) is 0 Å². The van der Waals surface area contributed by atoms with Crippen molar-refractivity contribution in [3.05, 3.63) is 75.9 Å². The molecule has 0 N–H and O–H groups in total. The molecule has 2 fully saturated rings. The molecule has 0 atom stereocenters. The first-order chi connectivity index (χ1) is 16.0.